The van der Waals surface area contributed by atoms with E-state index in [0.29, 0.717) is 22.1 Å². The van der Waals surface area contributed by atoms with Crippen LogP contribution in [-0.4, -0.2) is 33.5 Å². The number of aromatic nitrogens is 1. The van der Waals surface area contributed by atoms with Gasteiger partial charge in [0.15, 0.2) is 0 Å². The summed E-state index contributed by atoms with van der Waals surface area (Å²) in [7, 11) is 0. The summed E-state index contributed by atoms with van der Waals surface area (Å²) in [6.45, 7) is 2.17. The molecule has 3 rings (SSSR count). The second kappa shape index (κ2) is 12.3. The van der Waals surface area contributed by atoms with E-state index in [0.717, 1.165) is 32.6 Å². The average Bonchev–Trinajstić information content (AvgIpc) is 2.81. The minimum atomic E-state index is -0.434. The Hall–Kier alpha value is -1.78. The first kappa shape index (κ1) is 23.9. The zero-order valence-corrected chi connectivity index (χ0v) is 20.6. The first-order valence-corrected chi connectivity index (χ1v) is 13.2. The molecule has 3 aromatic rings. The second-order valence-corrected chi connectivity index (χ2v) is 10.2. The number of benzene rings is 2. The molecule has 3 nitrogen and oxygen atoms in total. The number of thioether (sulfide) groups is 2. The summed E-state index contributed by atoms with van der Waals surface area (Å²) in [6.07, 6.45) is 1.90. The van der Waals surface area contributed by atoms with Gasteiger partial charge in [0.25, 0.3) is 0 Å². The second-order valence-electron chi connectivity index (χ2n) is 7.11. The van der Waals surface area contributed by atoms with Gasteiger partial charge >= 0.3 is 0 Å². The van der Waals surface area contributed by atoms with Crippen LogP contribution >= 0.6 is 39.5 Å². The van der Waals surface area contributed by atoms with Crippen molar-refractivity contribution in [1.29, 1.82) is 5.26 Å². The largest absolute Gasteiger partial charge is 0.391 e. The summed E-state index contributed by atoms with van der Waals surface area (Å²) < 4.78 is 1.01. The fourth-order valence-electron chi connectivity index (χ4n) is 3.04. The van der Waals surface area contributed by atoms with Crippen LogP contribution in [0.3, 0.4) is 0 Å². The lowest BCUT2D eigenvalue weighted by Gasteiger charge is -2.14. The molecule has 0 aliphatic rings. The third-order valence-electron chi connectivity index (χ3n) is 4.69. The van der Waals surface area contributed by atoms with Crippen LogP contribution < -0.4 is 0 Å². The molecule has 160 valence electrons. The Bertz CT molecular complexity index is 1020. The number of aliphatic hydroxyl groups excluding tert-OH is 1. The third kappa shape index (κ3) is 6.85. The molecule has 0 spiro atoms. The summed E-state index contributed by atoms with van der Waals surface area (Å²) >= 11 is 6.72. The van der Waals surface area contributed by atoms with E-state index in [1.54, 1.807) is 11.8 Å². The van der Waals surface area contributed by atoms with Crippen molar-refractivity contribution in [3.05, 3.63) is 70.7 Å². The van der Waals surface area contributed by atoms with Crippen LogP contribution in [0.4, 0.5) is 0 Å². The summed E-state index contributed by atoms with van der Waals surface area (Å²) in [5.41, 5.74) is 4.22. The summed E-state index contributed by atoms with van der Waals surface area (Å²) in [5, 5.41) is 21.0. The molecule has 0 aliphatic heterocycles. The van der Waals surface area contributed by atoms with E-state index >= 15 is 0 Å². The van der Waals surface area contributed by atoms with Gasteiger partial charge in [-0.3, -0.25) is 0 Å². The summed E-state index contributed by atoms with van der Waals surface area (Å²) in [6, 6.07) is 22.3. The Morgan fingerprint density at radius 2 is 1.81 bits per heavy atom. The molecule has 0 bridgehead atoms. The molecule has 0 amide bonds. The van der Waals surface area contributed by atoms with E-state index < -0.39 is 6.10 Å². The summed E-state index contributed by atoms with van der Waals surface area (Å²) in [4.78, 5) is 4.82. The van der Waals surface area contributed by atoms with Crippen molar-refractivity contribution in [2.75, 3.05) is 17.3 Å². The van der Waals surface area contributed by atoms with Crippen LogP contribution in [0.5, 0.6) is 0 Å². The maximum Gasteiger partial charge on any atom is 0.115 e. The fraction of sp³-hybridized carbons (Fsp3) is 0.280. The monoisotopic (exact) mass is 512 g/mol. The molecule has 0 fully saturated rings. The van der Waals surface area contributed by atoms with Gasteiger partial charge in [-0.05, 0) is 35.9 Å². The highest BCUT2D eigenvalue weighted by Gasteiger charge is 2.17. The molecule has 2 aromatic carbocycles. The number of hydrogen-bond donors (Lipinski definition) is 1. The van der Waals surface area contributed by atoms with Crippen LogP contribution in [0.1, 0.15) is 25.3 Å². The first-order chi connectivity index (χ1) is 15.1. The fourth-order valence-corrected chi connectivity index (χ4v) is 5.43. The van der Waals surface area contributed by atoms with Gasteiger partial charge in [-0.1, -0.05) is 71.7 Å². The number of nitrogens with zero attached hydrogens (tertiary/aromatic N) is 2. The van der Waals surface area contributed by atoms with Gasteiger partial charge < -0.3 is 5.11 Å². The van der Waals surface area contributed by atoms with Gasteiger partial charge in [0.05, 0.1) is 17.4 Å². The van der Waals surface area contributed by atoms with Crippen molar-refractivity contribution in [2.45, 2.75) is 30.9 Å². The van der Waals surface area contributed by atoms with Crippen molar-refractivity contribution in [3.8, 4) is 28.5 Å². The molecule has 1 N–H and O–H groups in total. The molecule has 31 heavy (non-hydrogen) atoms. The van der Waals surface area contributed by atoms with E-state index in [9.17, 15) is 10.4 Å². The molecule has 6 heteroatoms. The standard InChI is InChI=1S/C25H25BrN2OS2/c1-2-3-13-30-16-21(29)17-31-25-23(15-27)22(18-7-5-4-6-8-18)14-24(28-25)19-9-11-20(26)12-10-19/h4-12,14,21,29H,2-3,13,16-17H2,1H3. The highest BCUT2D eigenvalue weighted by molar-refractivity contribution is 9.10. The Labute approximate surface area is 201 Å². The van der Waals surface area contributed by atoms with Crippen LogP contribution in [0.15, 0.2) is 70.2 Å². The lowest BCUT2D eigenvalue weighted by molar-refractivity contribution is 0.225. The molecule has 1 heterocycles. The molecular formula is C25H25BrN2OS2. The van der Waals surface area contributed by atoms with Crippen LogP contribution in [0.2, 0.25) is 0 Å². The molecule has 1 aromatic heterocycles. The molecular weight excluding hydrogens is 488 g/mol. The quantitative estimate of drug-likeness (QED) is 0.233. The zero-order valence-electron chi connectivity index (χ0n) is 17.4. The number of nitriles is 1. The maximum atomic E-state index is 10.4. The number of pyridine rings is 1. The van der Waals surface area contributed by atoms with Gasteiger partial charge in [-0.25, -0.2) is 4.98 Å². The Morgan fingerprint density at radius 3 is 2.48 bits per heavy atom. The smallest absolute Gasteiger partial charge is 0.115 e. The molecule has 0 radical (unpaired) electrons. The summed E-state index contributed by atoms with van der Waals surface area (Å²) in [5.74, 6) is 2.28. The van der Waals surface area contributed by atoms with Crippen molar-refractivity contribution >= 4 is 39.5 Å². The van der Waals surface area contributed by atoms with Crippen LogP contribution in [0.25, 0.3) is 22.4 Å². The predicted molar refractivity (Wildman–Crippen MR) is 136 cm³/mol. The number of unbranched alkanes of at least 4 members (excludes halogenated alkanes) is 1. The molecule has 0 saturated carbocycles. The highest BCUT2D eigenvalue weighted by Crippen LogP contribution is 2.34. The maximum absolute atomic E-state index is 10.4. The Kier molecular flexibility index (Phi) is 9.48. The highest BCUT2D eigenvalue weighted by atomic mass is 79.9. The van der Waals surface area contributed by atoms with Crippen molar-refractivity contribution in [2.24, 2.45) is 0 Å². The number of rotatable bonds is 10. The van der Waals surface area contributed by atoms with Gasteiger partial charge in [-0.2, -0.15) is 17.0 Å². The van der Waals surface area contributed by atoms with Gasteiger partial charge in [0, 0.05) is 27.1 Å². The molecule has 1 unspecified atom stereocenters. The van der Waals surface area contributed by atoms with Crippen molar-refractivity contribution in [1.82, 2.24) is 4.98 Å². The van der Waals surface area contributed by atoms with E-state index in [1.165, 1.54) is 24.6 Å². The van der Waals surface area contributed by atoms with Crippen LogP contribution in [0, 0.1) is 11.3 Å². The minimum Gasteiger partial charge on any atom is -0.391 e. The Balaban J connectivity index is 1.92. The first-order valence-electron chi connectivity index (χ1n) is 10.3. The van der Waals surface area contributed by atoms with E-state index in [4.69, 9.17) is 4.98 Å². The number of aliphatic hydroxyl groups is 1. The topological polar surface area (TPSA) is 56.9 Å². The molecule has 0 aliphatic carbocycles. The van der Waals surface area contributed by atoms with E-state index in [-0.39, 0.29) is 0 Å². The minimum absolute atomic E-state index is 0.434. The zero-order chi connectivity index (χ0) is 22.1. The molecule has 1 atom stereocenters. The van der Waals surface area contributed by atoms with Gasteiger partial charge in [0.2, 0.25) is 0 Å². The van der Waals surface area contributed by atoms with E-state index in [1.807, 2.05) is 60.7 Å². The van der Waals surface area contributed by atoms with Crippen molar-refractivity contribution in [3.63, 3.8) is 0 Å². The van der Waals surface area contributed by atoms with Gasteiger partial charge in [0.1, 0.15) is 11.1 Å². The van der Waals surface area contributed by atoms with Crippen molar-refractivity contribution < 1.29 is 5.11 Å². The van der Waals surface area contributed by atoms with E-state index in [2.05, 4.69) is 28.9 Å². The van der Waals surface area contributed by atoms with Gasteiger partial charge in [-0.15, -0.1) is 11.8 Å². The lowest BCUT2D eigenvalue weighted by Crippen LogP contribution is -2.14. The Morgan fingerprint density at radius 1 is 1.06 bits per heavy atom. The predicted octanol–water partition coefficient (Wildman–Crippen LogP) is 7.04. The lowest BCUT2D eigenvalue weighted by atomic mass is 9.99. The number of hydrogen-bond acceptors (Lipinski definition) is 5. The average molecular weight is 514 g/mol. The molecule has 0 saturated heterocycles. The van der Waals surface area contributed by atoms with Crippen LogP contribution in [-0.2, 0) is 0 Å². The SMILES string of the molecule is CCCCSCC(O)CSc1nc(-c2ccc(Br)cc2)cc(-c2ccccc2)c1C#N. The third-order valence-corrected chi connectivity index (χ3v) is 7.53. The number of halogens is 1. The normalized spacial score (nSPS) is 11.8.